The standard InChI is InChI=1S/C25H26N2O4/c1-16-13-20(17(2)27(16)11-6-12-30-3)24(28)15-31-18-9-10-23-21(14-18)25(29)19-7-4-5-8-22(19)26-23/h4-5,7-10,13-14H,6,11-12,15H2,1-3H3,(H,26,29). The minimum absolute atomic E-state index is 0.0549. The lowest BCUT2D eigenvalue weighted by Crippen LogP contribution is -2.13. The summed E-state index contributed by atoms with van der Waals surface area (Å²) in [5.41, 5.74) is 4.12. The monoisotopic (exact) mass is 418 g/mol. The number of H-pyrrole nitrogens is 1. The molecule has 0 spiro atoms. The van der Waals surface area contributed by atoms with Gasteiger partial charge in [0, 0.05) is 53.5 Å². The van der Waals surface area contributed by atoms with Gasteiger partial charge in [0.2, 0.25) is 5.78 Å². The number of para-hydroxylation sites is 1. The summed E-state index contributed by atoms with van der Waals surface area (Å²) in [7, 11) is 1.69. The first-order valence-corrected chi connectivity index (χ1v) is 10.4. The average Bonchev–Trinajstić information content (AvgIpc) is 3.06. The third-order valence-corrected chi connectivity index (χ3v) is 5.65. The highest BCUT2D eigenvalue weighted by molar-refractivity contribution is 5.98. The van der Waals surface area contributed by atoms with Gasteiger partial charge in [-0.25, -0.2) is 0 Å². The van der Waals surface area contributed by atoms with Crippen LogP contribution in [0.5, 0.6) is 5.75 Å². The zero-order chi connectivity index (χ0) is 22.0. The second kappa shape index (κ2) is 8.78. The molecule has 2 heterocycles. The number of hydrogen-bond acceptors (Lipinski definition) is 4. The number of methoxy groups -OCH3 is 1. The Morgan fingerprint density at radius 3 is 2.61 bits per heavy atom. The molecule has 0 atom stereocenters. The summed E-state index contributed by atoms with van der Waals surface area (Å²) in [5.74, 6) is 0.411. The van der Waals surface area contributed by atoms with E-state index >= 15 is 0 Å². The van der Waals surface area contributed by atoms with Crippen molar-refractivity contribution in [2.24, 2.45) is 0 Å². The molecule has 6 nitrogen and oxygen atoms in total. The number of aromatic amines is 1. The van der Waals surface area contributed by atoms with Gasteiger partial charge in [0.1, 0.15) is 5.75 Å². The number of carbonyl (C=O) groups excluding carboxylic acids is 1. The number of nitrogens with zero attached hydrogens (tertiary/aromatic N) is 1. The smallest absolute Gasteiger partial charge is 0.202 e. The second-order valence-electron chi connectivity index (χ2n) is 7.70. The fourth-order valence-electron chi connectivity index (χ4n) is 4.01. The SMILES string of the molecule is COCCCn1c(C)cc(C(=O)COc2ccc3[nH]c4ccccc4c(=O)c3c2)c1C. The molecule has 4 rings (SSSR count). The molecule has 0 unspecified atom stereocenters. The van der Waals surface area contributed by atoms with E-state index in [0.29, 0.717) is 28.7 Å². The topological polar surface area (TPSA) is 73.3 Å². The Hall–Kier alpha value is -3.38. The van der Waals surface area contributed by atoms with Gasteiger partial charge in [-0.1, -0.05) is 12.1 Å². The van der Waals surface area contributed by atoms with E-state index in [0.717, 1.165) is 35.4 Å². The summed E-state index contributed by atoms with van der Waals surface area (Å²) >= 11 is 0. The number of hydrogen-bond donors (Lipinski definition) is 1. The van der Waals surface area contributed by atoms with Crippen LogP contribution in [0.15, 0.2) is 53.3 Å². The third-order valence-electron chi connectivity index (χ3n) is 5.65. The largest absolute Gasteiger partial charge is 0.485 e. The molecule has 4 aromatic rings. The van der Waals surface area contributed by atoms with E-state index in [1.54, 1.807) is 25.3 Å². The molecule has 2 aromatic heterocycles. The molecule has 2 aromatic carbocycles. The highest BCUT2D eigenvalue weighted by Crippen LogP contribution is 2.21. The minimum atomic E-state index is -0.0846. The number of nitrogens with one attached hydrogen (secondary N) is 1. The van der Waals surface area contributed by atoms with Gasteiger partial charge in [-0.2, -0.15) is 0 Å². The highest BCUT2D eigenvalue weighted by Gasteiger charge is 2.16. The summed E-state index contributed by atoms with van der Waals surface area (Å²) < 4.78 is 13.0. The molecule has 0 aliphatic rings. The van der Waals surface area contributed by atoms with Crippen molar-refractivity contribution in [1.29, 1.82) is 0 Å². The molecule has 1 N–H and O–H groups in total. The Kier molecular flexibility index (Phi) is 5.91. The maximum absolute atomic E-state index is 12.8. The molecule has 0 bridgehead atoms. The quantitative estimate of drug-likeness (QED) is 0.262. The highest BCUT2D eigenvalue weighted by atomic mass is 16.5. The predicted molar refractivity (Wildman–Crippen MR) is 122 cm³/mol. The van der Waals surface area contributed by atoms with Crippen molar-refractivity contribution in [1.82, 2.24) is 9.55 Å². The molecular weight excluding hydrogens is 392 g/mol. The molecule has 0 radical (unpaired) electrons. The number of fused-ring (bicyclic) bond motifs is 2. The summed E-state index contributed by atoms with van der Waals surface area (Å²) in [4.78, 5) is 28.9. The molecule has 0 aliphatic heterocycles. The predicted octanol–water partition coefficient (Wildman–Crippen LogP) is 4.40. The van der Waals surface area contributed by atoms with Gasteiger partial charge < -0.3 is 19.0 Å². The lowest BCUT2D eigenvalue weighted by atomic mass is 10.1. The molecule has 0 amide bonds. The normalized spacial score (nSPS) is 11.3. The number of rotatable bonds is 8. The van der Waals surface area contributed by atoms with E-state index in [2.05, 4.69) is 9.55 Å². The van der Waals surface area contributed by atoms with Crippen LogP contribution in [0.4, 0.5) is 0 Å². The lowest BCUT2D eigenvalue weighted by Gasteiger charge is -2.10. The average molecular weight is 418 g/mol. The van der Waals surface area contributed by atoms with Gasteiger partial charge in [0.15, 0.2) is 12.0 Å². The first-order valence-electron chi connectivity index (χ1n) is 10.4. The summed E-state index contributed by atoms with van der Waals surface area (Å²) in [6.45, 7) is 5.35. The third kappa shape index (κ3) is 4.11. The zero-order valence-electron chi connectivity index (χ0n) is 18.0. The molecule has 0 saturated carbocycles. The Morgan fingerprint density at radius 2 is 1.81 bits per heavy atom. The van der Waals surface area contributed by atoms with Gasteiger partial charge in [0.25, 0.3) is 0 Å². The number of pyridine rings is 1. The number of benzene rings is 2. The molecule has 160 valence electrons. The lowest BCUT2D eigenvalue weighted by molar-refractivity contribution is 0.0921. The number of aromatic nitrogens is 2. The van der Waals surface area contributed by atoms with Crippen LogP contribution in [0.25, 0.3) is 21.8 Å². The molecule has 0 fully saturated rings. The van der Waals surface area contributed by atoms with Crippen molar-refractivity contribution in [2.45, 2.75) is 26.8 Å². The Morgan fingerprint density at radius 1 is 1.03 bits per heavy atom. The molecule has 0 saturated heterocycles. The van der Waals surface area contributed by atoms with Crippen LogP contribution in [-0.4, -0.2) is 35.7 Å². The van der Waals surface area contributed by atoms with Crippen molar-refractivity contribution in [3.8, 4) is 5.75 Å². The van der Waals surface area contributed by atoms with E-state index in [4.69, 9.17) is 9.47 Å². The molecule has 31 heavy (non-hydrogen) atoms. The van der Waals surface area contributed by atoms with Crippen LogP contribution < -0.4 is 10.2 Å². The van der Waals surface area contributed by atoms with E-state index in [-0.39, 0.29) is 17.8 Å². The van der Waals surface area contributed by atoms with Gasteiger partial charge in [-0.15, -0.1) is 0 Å². The molecule has 0 aliphatic carbocycles. The van der Waals surface area contributed by atoms with Crippen LogP contribution >= 0.6 is 0 Å². The van der Waals surface area contributed by atoms with Crippen molar-refractivity contribution in [3.05, 3.63) is 75.7 Å². The van der Waals surface area contributed by atoms with Crippen molar-refractivity contribution in [3.63, 3.8) is 0 Å². The van der Waals surface area contributed by atoms with Gasteiger partial charge >= 0.3 is 0 Å². The Labute approximate surface area is 180 Å². The van der Waals surface area contributed by atoms with E-state index in [1.807, 2.05) is 44.2 Å². The van der Waals surface area contributed by atoms with Crippen LogP contribution in [0.2, 0.25) is 0 Å². The molecular formula is C25H26N2O4. The summed E-state index contributed by atoms with van der Waals surface area (Å²) in [6, 6.07) is 14.6. The van der Waals surface area contributed by atoms with Crippen LogP contribution in [0.3, 0.4) is 0 Å². The van der Waals surface area contributed by atoms with E-state index in [9.17, 15) is 9.59 Å². The Balaban J connectivity index is 1.53. The van der Waals surface area contributed by atoms with Crippen molar-refractivity contribution < 1.29 is 14.3 Å². The number of Topliss-reactive ketones (excluding diaryl/α,β-unsaturated/α-hetero) is 1. The number of carbonyl (C=O) groups is 1. The number of aryl methyl sites for hydroxylation is 1. The van der Waals surface area contributed by atoms with Gasteiger partial charge in [-0.05, 0) is 56.7 Å². The number of ketones is 1. The van der Waals surface area contributed by atoms with Crippen molar-refractivity contribution in [2.75, 3.05) is 20.3 Å². The maximum Gasteiger partial charge on any atom is 0.202 e. The first-order chi connectivity index (χ1) is 15.0. The number of ether oxygens (including phenoxy) is 2. The zero-order valence-corrected chi connectivity index (χ0v) is 18.0. The fraction of sp³-hybridized carbons (Fsp3) is 0.280. The summed E-state index contributed by atoms with van der Waals surface area (Å²) in [5, 5.41) is 1.17. The fourth-order valence-corrected chi connectivity index (χ4v) is 4.01. The first kappa shape index (κ1) is 20.9. The van der Waals surface area contributed by atoms with Crippen molar-refractivity contribution >= 4 is 27.6 Å². The summed E-state index contributed by atoms with van der Waals surface area (Å²) in [6.07, 6.45) is 0.886. The second-order valence-corrected chi connectivity index (χ2v) is 7.70. The minimum Gasteiger partial charge on any atom is -0.485 e. The Bertz CT molecular complexity index is 1320. The maximum atomic E-state index is 12.8. The van der Waals surface area contributed by atoms with E-state index < -0.39 is 0 Å². The van der Waals surface area contributed by atoms with Crippen LogP contribution in [0, 0.1) is 13.8 Å². The van der Waals surface area contributed by atoms with Crippen LogP contribution in [0.1, 0.15) is 28.2 Å². The van der Waals surface area contributed by atoms with Gasteiger partial charge in [-0.3, -0.25) is 9.59 Å². The van der Waals surface area contributed by atoms with Crippen LogP contribution in [-0.2, 0) is 11.3 Å². The van der Waals surface area contributed by atoms with E-state index in [1.165, 1.54) is 0 Å². The van der Waals surface area contributed by atoms with Gasteiger partial charge in [0.05, 0.1) is 5.52 Å². The molecule has 6 heteroatoms.